The number of fused-ring (bicyclic) bond motifs is 1. The van der Waals surface area contributed by atoms with Gasteiger partial charge in [-0.25, -0.2) is 0 Å². The SMILES string of the molecule is CCOC(=O)Cc1ccn2c1C(=O)CC1(CC1)C2. The molecular formula is C14H17NO3. The number of carbonyl (C=O) groups excluding carboxylic acids is 2. The van der Waals surface area contributed by atoms with E-state index in [9.17, 15) is 9.59 Å². The Balaban J connectivity index is 1.84. The van der Waals surface area contributed by atoms with Crippen molar-refractivity contribution in [2.75, 3.05) is 6.61 Å². The third kappa shape index (κ3) is 1.85. The molecular weight excluding hydrogens is 230 g/mol. The second-order valence-corrected chi connectivity index (χ2v) is 5.40. The molecule has 0 unspecified atom stereocenters. The largest absolute Gasteiger partial charge is 0.466 e. The van der Waals surface area contributed by atoms with E-state index in [0.717, 1.165) is 30.6 Å². The summed E-state index contributed by atoms with van der Waals surface area (Å²) in [5.74, 6) is -0.0749. The van der Waals surface area contributed by atoms with Gasteiger partial charge >= 0.3 is 5.97 Å². The number of nitrogens with zero attached hydrogens (tertiary/aromatic N) is 1. The van der Waals surface area contributed by atoms with Crippen molar-refractivity contribution in [3.8, 4) is 0 Å². The van der Waals surface area contributed by atoms with E-state index in [1.54, 1.807) is 6.92 Å². The van der Waals surface area contributed by atoms with Gasteiger partial charge in [-0.15, -0.1) is 0 Å². The van der Waals surface area contributed by atoms with Gasteiger partial charge < -0.3 is 9.30 Å². The zero-order chi connectivity index (χ0) is 12.8. The maximum atomic E-state index is 12.2. The van der Waals surface area contributed by atoms with Gasteiger partial charge in [0.2, 0.25) is 0 Å². The zero-order valence-corrected chi connectivity index (χ0v) is 10.6. The highest BCUT2D eigenvalue weighted by atomic mass is 16.5. The van der Waals surface area contributed by atoms with Gasteiger partial charge in [0.25, 0.3) is 0 Å². The normalized spacial score (nSPS) is 19.7. The Morgan fingerprint density at radius 1 is 1.50 bits per heavy atom. The summed E-state index contributed by atoms with van der Waals surface area (Å²) in [6.45, 7) is 3.10. The van der Waals surface area contributed by atoms with Crippen LogP contribution >= 0.6 is 0 Å². The lowest BCUT2D eigenvalue weighted by atomic mass is 9.92. The molecule has 0 radical (unpaired) electrons. The summed E-state index contributed by atoms with van der Waals surface area (Å²) in [5, 5.41) is 0. The number of aromatic nitrogens is 1. The lowest BCUT2D eigenvalue weighted by Gasteiger charge is -2.23. The monoisotopic (exact) mass is 247 g/mol. The number of carbonyl (C=O) groups is 2. The standard InChI is InChI=1S/C14H17NO3/c1-2-18-12(17)7-10-3-6-15-9-14(4-5-14)8-11(16)13(10)15/h3,6H,2,4-5,7-9H2,1H3. The Bertz CT molecular complexity index is 511. The number of hydrogen-bond donors (Lipinski definition) is 0. The van der Waals surface area contributed by atoms with E-state index in [1.165, 1.54) is 0 Å². The molecule has 4 nitrogen and oxygen atoms in total. The first-order chi connectivity index (χ1) is 8.63. The highest BCUT2D eigenvalue weighted by Gasteiger charge is 2.48. The summed E-state index contributed by atoms with van der Waals surface area (Å²) in [4.78, 5) is 23.7. The predicted octanol–water partition coefficient (Wildman–Crippen LogP) is 1.96. The Kier molecular flexibility index (Phi) is 2.54. The smallest absolute Gasteiger partial charge is 0.310 e. The summed E-state index contributed by atoms with van der Waals surface area (Å²) < 4.78 is 6.96. The molecule has 1 aliphatic carbocycles. The van der Waals surface area contributed by atoms with Crippen LogP contribution in [0.2, 0.25) is 0 Å². The van der Waals surface area contributed by atoms with Gasteiger partial charge in [0.15, 0.2) is 5.78 Å². The van der Waals surface area contributed by atoms with Crippen LogP contribution in [0.3, 0.4) is 0 Å². The molecule has 1 saturated carbocycles. The molecule has 4 heteroatoms. The summed E-state index contributed by atoms with van der Waals surface area (Å²) >= 11 is 0. The second-order valence-electron chi connectivity index (χ2n) is 5.40. The van der Waals surface area contributed by atoms with Crippen LogP contribution in [0, 0.1) is 5.41 Å². The molecule has 2 aliphatic rings. The third-order valence-electron chi connectivity index (χ3n) is 3.95. The van der Waals surface area contributed by atoms with Crippen molar-refractivity contribution in [1.29, 1.82) is 0 Å². The van der Waals surface area contributed by atoms with Crippen molar-refractivity contribution in [3.63, 3.8) is 0 Å². The summed E-state index contributed by atoms with van der Waals surface area (Å²) in [6.07, 6.45) is 5.09. The van der Waals surface area contributed by atoms with Crippen LogP contribution < -0.4 is 0 Å². The van der Waals surface area contributed by atoms with Crippen molar-refractivity contribution >= 4 is 11.8 Å². The topological polar surface area (TPSA) is 48.3 Å². The van der Waals surface area contributed by atoms with Crippen LogP contribution in [0.1, 0.15) is 42.2 Å². The lowest BCUT2D eigenvalue weighted by Crippen LogP contribution is -2.27. The fraction of sp³-hybridized carbons (Fsp3) is 0.571. The quantitative estimate of drug-likeness (QED) is 0.767. The van der Waals surface area contributed by atoms with Gasteiger partial charge in [-0.2, -0.15) is 0 Å². The molecule has 2 heterocycles. The van der Waals surface area contributed by atoms with Gasteiger partial charge in [-0.3, -0.25) is 9.59 Å². The molecule has 96 valence electrons. The predicted molar refractivity (Wildman–Crippen MR) is 65.4 cm³/mol. The number of hydrogen-bond acceptors (Lipinski definition) is 3. The molecule has 0 saturated heterocycles. The fourth-order valence-corrected chi connectivity index (χ4v) is 2.85. The van der Waals surface area contributed by atoms with Crippen LogP contribution in [0.25, 0.3) is 0 Å². The van der Waals surface area contributed by atoms with Crippen LogP contribution in [0.4, 0.5) is 0 Å². The Hall–Kier alpha value is -1.58. The molecule has 1 fully saturated rings. The molecule has 1 aromatic heterocycles. The molecule has 18 heavy (non-hydrogen) atoms. The number of rotatable bonds is 3. The summed E-state index contributed by atoms with van der Waals surface area (Å²) in [6, 6.07) is 1.88. The lowest BCUT2D eigenvalue weighted by molar-refractivity contribution is -0.142. The molecule has 3 rings (SSSR count). The average Bonchev–Trinajstić information content (AvgIpc) is 2.90. The Labute approximate surface area is 106 Å². The van der Waals surface area contributed by atoms with Crippen molar-refractivity contribution in [3.05, 3.63) is 23.5 Å². The highest BCUT2D eigenvalue weighted by molar-refractivity contribution is 5.98. The number of ether oxygens (including phenoxy) is 1. The molecule has 0 amide bonds. The van der Waals surface area contributed by atoms with E-state index in [0.29, 0.717) is 13.0 Å². The van der Waals surface area contributed by atoms with E-state index in [2.05, 4.69) is 0 Å². The van der Waals surface area contributed by atoms with Crippen molar-refractivity contribution in [1.82, 2.24) is 4.57 Å². The number of ketones is 1. The number of esters is 1. The first-order valence-electron chi connectivity index (χ1n) is 6.50. The summed E-state index contributed by atoms with van der Waals surface area (Å²) in [5.41, 5.74) is 1.78. The summed E-state index contributed by atoms with van der Waals surface area (Å²) in [7, 11) is 0. The van der Waals surface area contributed by atoms with E-state index >= 15 is 0 Å². The molecule has 1 aliphatic heterocycles. The first-order valence-corrected chi connectivity index (χ1v) is 6.50. The molecule has 0 aromatic carbocycles. The third-order valence-corrected chi connectivity index (χ3v) is 3.95. The van der Waals surface area contributed by atoms with Crippen molar-refractivity contribution in [2.45, 2.75) is 39.2 Å². The highest BCUT2D eigenvalue weighted by Crippen LogP contribution is 2.53. The number of Topliss-reactive ketones (excluding diaryl/α,β-unsaturated/α-hetero) is 1. The van der Waals surface area contributed by atoms with Gasteiger partial charge in [0.05, 0.1) is 18.7 Å². The van der Waals surface area contributed by atoms with E-state index in [1.807, 2.05) is 16.8 Å². The van der Waals surface area contributed by atoms with Gasteiger partial charge in [0, 0.05) is 19.2 Å². The minimum Gasteiger partial charge on any atom is -0.466 e. The minimum atomic E-state index is -0.258. The first kappa shape index (κ1) is 11.5. The van der Waals surface area contributed by atoms with Gasteiger partial charge in [0.1, 0.15) is 0 Å². The van der Waals surface area contributed by atoms with E-state index < -0.39 is 0 Å². The fourth-order valence-electron chi connectivity index (χ4n) is 2.85. The molecule has 0 atom stereocenters. The molecule has 1 aromatic rings. The average molecular weight is 247 g/mol. The van der Waals surface area contributed by atoms with Crippen molar-refractivity contribution in [2.24, 2.45) is 5.41 Å². The Morgan fingerprint density at radius 2 is 2.28 bits per heavy atom. The maximum absolute atomic E-state index is 12.2. The van der Waals surface area contributed by atoms with Crippen LogP contribution in [0.5, 0.6) is 0 Å². The second kappa shape index (κ2) is 3.97. The van der Waals surface area contributed by atoms with Crippen LogP contribution in [-0.2, 0) is 22.5 Å². The Morgan fingerprint density at radius 3 is 2.94 bits per heavy atom. The molecule has 0 N–H and O–H groups in total. The van der Waals surface area contributed by atoms with E-state index in [4.69, 9.17) is 4.74 Å². The molecule has 0 bridgehead atoms. The van der Waals surface area contributed by atoms with Crippen LogP contribution in [-0.4, -0.2) is 22.9 Å². The van der Waals surface area contributed by atoms with E-state index in [-0.39, 0.29) is 23.6 Å². The van der Waals surface area contributed by atoms with Crippen LogP contribution in [0.15, 0.2) is 12.3 Å². The maximum Gasteiger partial charge on any atom is 0.310 e. The minimum absolute atomic E-state index is 0.183. The molecule has 1 spiro atoms. The zero-order valence-electron chi connectivity index (χ0n) is 10.6. The van der Waals surface area contributed by atoms with Gasteiger partial charge in [-0.1, -0.05) is 0 Å². The van der Waals surface area contributed by atoms with Crippen molar-refractivity contribution < 1.29 is 14.3 Å². The van der Waals surface area contributed by atoms with Gasteiger partial charge in [-0.05, 0) is 36.8 Å².